The van der Waals surface area contributed by atoms with Crippen molar-refractivity contribution in [3.63, 3.8) is 0 Å². The number of carbonyl (C=O) groups excluding carboxylic acids is 3. The van der Waals surface area contributed by atoms with Gasteiger partial charge in [-0.25, -0.2) is 9.59 Å². The van der Waals surface area contributed by atoms with Gasteiger partial charge in [0.05, 0.1) is 13.2 Å². The number of carboxylic acid groups (broad SMARTS) is 1. The first-order valence-electron chi connectivity index (χ1n) is 11.8. The van der Waals surface area contributed by atoms with Crippen LogP contribution in [0.15, 0.2) is 18.2 Å². The van der Waals surface area contributed by atoms with E-state index >= 15 is 0 Å². The third kappa shape index (κ3) is 10.9. The van der Waals surface area contributed by atoms with E-state index in [-0.39, 0.29) is 55.8 Å². The molecule has 0 aliphatic rings. The molecule has 0 aromatic heterocycles. The van der Waals surface area contributed by atoms with Gasteiger partial charge in [-0.05, 0) is 36.5 Å². The average Bonchev–Trinajstić information content (AvgIpc) is 2.77. The van der Waals surface area contributed by atoms with Crippen LogP contribution >= 0.6 is 0 Å². The van der Waals surface area contributed by atoms with Crippen molar-refractivity contribution in [3.05, 3.63) is 23.8 Å². The highest BCUT2D eigenvalue weighted by Gasteiger charge is 2.37. The van der Waals surface area contributed by atoms with E-state index in [1.54, 1.807) is 13.8 Å². The number of ether oxygens (including phenoxy) is 5. The van der Waals surface area contributed by atoms with Gasteiger partial charge in [-0.15, -0.1) is 0 Å². The number of esters is 1. The number of benzene rings is 1. The van der Waals surface area contributed by atoms with Crippen LogP contribution in [0.2, 0.25) is 0 Å². The third-order valence-corrected chi connectivity index (χ3v) is 4.68. The summed E-state index contributed by atoms with van der Waals surface area (Å²) in [7, 11) is 0. The molecule has 0 saturated heterocycles. The number of hydrogen-bond donors (Lipinski definition) is 2. The van der Waals surface area contributed by atoms with Gasteiger partial charge < -0.3 is 34.5 Å². The van der Waals surface area contributed by atoms with Crippen molar-refractivity contribution in [1.82, 2.24) is 0 Å². The van der Waals surface area contributed by atoms with Crippen LogP contribution in [0.4, 0.5) is 9.59 Å². The van der Waals surface area contributed by atoms with Crippen LogP contribution in [0.1, 0.15) is 59.9 Å². The van der Waals surface area contributed by atoms with Crippen LogP contribution in [0.3, 0.4) is 0 Å². The summed E-state index contributed by atoms with van der Waals surface area (Å²) < 4.78 is 25.6. The summed E-state index contributed by atoms with van der Waals surface area (Å²) in [5, 5.41) is 9.79. The Bertz CT molecular complexity index is 914. The molecule has 11 heteroatoms. The number of nitrogens with two attached hydrogens (primary N) is 1. The molecule has 2 atom stereocenters. The van der Waals surface area contributed by atoms with Crippen molar-refractivity contribution < 1.29 is 48.0 Å². The summed E-state index contributed by atoms with van der Waals surface area (Å²) in [4.78, 5) is 47.8. The van der Waals surface area contributed by atoms with Crippen LogP contribution in [-0.2, 0) is 30.2 Å². The van der Waals surface area contributed by atoms with E-state index < -0.39 is 35.9 Å². The summed E-state index contributed by atoms with van der Waals surface area (Å²) >= 11 is 0. The lowest BCUT2D eigenvalue weighted by Gasteiger charge is -2.28. The van der Waals surface area contributed by atoms with Crippen LogP contribution in [0.25, 0.3) is 0 Å². The van der Waals surface area contributed by atoms with E-state index in [1.165, 1.54) is 18.2 Å². The predicted octanol–water partition coefficient (Wildman–Crippen LogP) is 4.09. The van der Waals surface area contributed by atoms with Crippen molar-refractivity contribution in [2.45, 2.75) is 72.4 Å². The Morgan fingerprint density at radius 2 is 1.44 bits per heavy atom. The second kappa shape index (κ2) is 14.3. The van der Waals surface area contributed by atoms with Gasteiger partial charge in [-0.2, -0.15) is 0 Å². The van der Waals surface area contributed by atoms with Crippen LogP contribution in [0.5, 0.6) is 11.5 Å². The maximum atomic E-state index is 12.2. The first kappa shape index (κ1) is 30.7. The number of carbonyl (C=O) groups is 4. The summed E-state index contributed by atoms with van der Waals surface area (Å²) in [6.07, 6.45) is -3.00. The zero-order chi connectivity index (χ0) is 27.5. The molecule has 1 aromatic carbocycles. The van der Waals surface area contributed by atoms with Gasteiger partial charge in [0.15, 0.2) is 11.5 Å². The Labute approximate surface area is 211 Å². The lowest BCUT2D eigenvalue weighted by atomic mass is 9.86. The number of aliphatic carboxylic acids is 1. The topological polar surface area (TPSA) is 161 Å². The fourth-order valence-corrected chi connectivity index (χ4v) is 3.00. The number of hydrogen-bond acceptors (Lipinski definition) is 10. The van der Waals surface area contributed by atoms with Crippen molar-refractivity contribution in [2.24, 2.45) is 17.6 Å². The fourth-order valence-electron chi connectivity index (χ4n) is 3.00. The van der Waals surface area contributed by atoms with E-state index in [0.29, 0.717) is 5.56 Å². The molecule has 0 fully saturated rings. The van der Waals surface area contributed by atoms with E-state index in [4.69, 9.17) is 29.4 Å². The van der Waals surface area contributed by atoms with Gasteiger partial charge in [-0.3, -0.25) is 9.59 Å². The van der Waals surface area contributed by atoms with Crippen molar-refractivity contribution in [1.29, 1.82) is 0 Å². The third-order valence-electron chi connectivity index (χ3n) is 4.68. The second-order valence-electron chi connectivity index (χ2n) is 9.39. The second-order valence-corrected chi connectivity index (χ2v) is 9.39. The minimum Gasteiger partial charge on any atom is -0.480 e. The zero-order valence-corrected chi connectivity index (χ0v) is 21.7. The first-order chi connectivity index (χ1) is 16.7. The molecule has 1 unspecified atom stereocenters. The van der Waals surface area contributed by atoms with Gasteiger partial charge >= 0.3 is 24.2 Å². The lowest BCUT2D eigenvalue weighted by Crippen LogP contribution is -2.52. The molecule has 0 bridgehead atoms. The molecule has 1 rings (SSSR count). The van der Waals surface area contributed by atoms with Crippen molar-refractivity contribution in [3.8, 4) is 11.5 Å². The summed E-state index contributed by atoms with van der Waals surface area (Å²) in [5.74, 6) is -1.95. The molecule has 3 N–H and O–H groups in total. The molecule has 202 valence electrons. The lowest BCUT2D eigenvalue weighted by molar-refractivity contribution is -0.153. The molecule has 11 nitrogen and oxygen atoms in total. The van der Waals surface area contributed by atoms with Gasteiger partial charge in [-0.1, -0.05) is 40.7 Å². The maximum absolute atomic E-state index is 12.2. The Morgan fingerprint density at radius 3 is 1.92 bits per heavy atom. The Morgan fingerprint density at radius 1 is 0.917 bits per heavy atom. The molecule has 0 saturated carbocycles. The molecule has 36 heavy (non-hydrogen) atoms. The minimum absolute atomic E-state index is 0.0582. The van der Waals surface area contributed by atoms with Crippen LogP contribution in [-0.4, -0.2) is 54.2 Å². The zero-order valence-electron chi connectivity index (χ0n) is 21.7. The number of rotatable bonds is 13. The monoisotopic (exact) mass is 511 g/mol. The molecule has 0 aliphatic carbocycles. The van der Waals surface area contributed by atoms with Gasteiger partial charge in [0.2, 0.25) is 0 Å². The van der Waals surface area contributed by atoms with E-state index in [2.05, 4.69) is 0 Å². The molecule has 1 aromatic rings. The molecule has 0 heterocycles. The predicted molar refractivity (Wildman–Crippen MR) is 129 cm³/mol. The Hall–Kier alpha value is -3.34. The highest BCUT2D eigenvalue weighted by Crippen LogP contribution is 2.31. The summed E-state index contributed by atoms with van der Waals surface area (Å²) in [6.45, 7) is 10.8. The molecule has 0 spiro atoms. The van der Waals surface area contributed by atoms with Crippen molar-refractivity contribution in [2.75, 3.05) is 13.2 Å². The van der Waals surface area contributed by atoms with E-state index in [1.807, 2.05) is 27.7 Å². The standard InChI is InChI=1S/C25H37NO10/c1-7-21(27)34-17(6)11-25(26,22(28)29)12-18-8-9-19(35-23(30)32-13-15(2)3)20(10-18)36-24(31)33-14-16(4)5/h8-10,15-17H,7,11-14,26H2,1-6H3,(H,28,29)/t17-,25?/m0/s1. The molecular weight excluding hydrogens is 474 g/mol. The molecular formula is C25H37NO10. The highest BCUT2D eigenvalue weighted by atomic mass is 16.7. The smallest absolute Gasteiger partial charge is 0.480 e. The molecule has 0 radical (unpaired) electrons. The number of carboxylic acids is 1. The van der Waals surface area contributed by atoms with Crippen LogP contribution < -0.4 is 15.2 Å². The van der Waals surface area contributed by atoms with Gasteiger partial charge in [0.25, 0.3) is 0 Å². The average molecular weight is 512 g/mol. The van der Waals surface area contributed by atoms with E-state index in [9.17, 15) is 24.3 Å². The van der Waals surface area contributed by atoms with Gasteiger partial charge in [0.1, 0.15) is 11.6 Å². The Kier molecular flexibility index (Phi) is 12.2. The molecule has 0 amide bonds. The summed E-state index contributed by atoms with van der Waals surface area (Å²) in [5.41, 5.74) is 4.74. The molecule has 0 aliphatic heterocycles. The minimum atomic E-state index is -1.80. The van der Waals surface area contributed by atoms with Gasteiger partial charge in [0, 0.05) is 19.3 Å². The normalized spacial score (nSPS) is 13.5. The fraction of sp³-hybridized carbons (Fsp3) is 0.600. The summed E-state index contributed by atoms with van der Waals surface area (Å²) in [6, 6.07) is 4.14. The maximum Gasteiger partial charge on any atom is 0.513 e. The Balaban J connectivity index is 3.18. The SMILES string of the molecule is CCC(=O)O[C@@H](C)CC(N)(Cc1ccc(OC(=O)OCC(C)C)c(OC(=O)OCC(C)C)c1)C(=O)O. The highest BCUT2D eigenvalue weighted by molar-refractivity contribution is 5.79. The largest absolute Gasteiger partial charge is 0.513 e. The quantitative estimate of drug-likeness (QED) is 0.223. The van der Waals surface area contributed by atoms with E-state index in [0.717, 1.165) is 0 Å². The van der Waals surface area contributed by atoms with Crippen LogP contribution in [0, 0.1) is 11.8 Å². The first-order valence-corrected chi connectivity index (χ1v) is 11.8. The van der Waals surface area contributed by atoms with Crippen molar-refractivity contribution >= 4 is 24.2 Å².